The fourth-order valence-electron chi connectivity index (χ4n) is 2.88. The first-order chi connectivity index (χ1) is 10.2. The number of rotatable bonds is 3. The molecule has 0 saturated carbocycles. The topological polar surface area (TPSA) is 45.0 Å². The summed E-state index contributed by atoms with van der Waals surface area (Å²) in [6, 6.07) is 12.4. The summed E-state index contributed by atoms with van der Waals surface area (Å²) in [5.41, 5.74) is 3.38. The van der Waals surface area contributed by atoms with E-state index in [0.717, 1.165) is 18.6 Å². The number of ether oxygens (including phenoxy) is 1. The molecule has 1 aliphatic carbocycles. The minimum atomic E-state index is -0.398. The number of halogens is 1. The van der Waals surface area contributed by atoms with Crippen LogP contribution in [0.1, 0.15) is 29.2 Å². The van der Waals surface area contributed by atoms with Gasteiger partial charge in [0.2, 0.25) is 0 Å². The quantitative estimate of drug-likeness (QED) is 0.931. The van der Waals surface area contributed by atoms with Gasteiger partial charge in [0.1, 0.15) is 17.6 Å². The van der Waals surface area contributed by atoms with E-state index in [1.807, 2.05) is 18.2 Å². The summed E-state index contributed by atoms with van der Waals surface area (Å²) in [5, 5.41) is 12.5. The lowest BCUT2D eigenvalue weighted by atomic mass is 10.1. The van der Waals surface area contributed by atoms with Crippen molar-refractivity contribution in [3.05, 3.63) is 58.9 Å². The molecule has 2 aromatic rings. The summed E-state index contributed by atoms with van der Waals surface area (Å²) in [7, 11) is 1.67. The van der Waals surface area contributed by atoms with E-state index in [2.05, 4.69) is 11.4 Å². The van der Waals surface area contributed by atoms with Crippen LogP contribution in [0.4, 0.5) is 10.1 Å². The van der Waals surface area contributed by atoms with Gasteiger partial charge in [-0.2, -0.15) is 5.26 Å². The lowest BCUT2D eigenvalue weighted by molar-refractivity contribution is 0.410. The highest BCUT2D eigenvalue weighted by molar-refractivity contribution is 5.60. The molecule has 1 atom stereocenters. The smallest absolute Gasteiger partial charge is 0.124 e. The van der Waals surface area contributed by atoms with Gasteiger partial charge >= 0.3 is 0 Å². The van der Waals surface area contributed by atoms with Crippen molar-refractivity contribution < 1.29 is 9.13 Å². The van der Waals surface area contributed by atoms with E-state index in [1.165, 1.54) is 23.3 Å². The molecule has 21 heavy (non-hydrogen) atoms. The van der Waals surface area contributed by atoms with E-state index in [9.17, 15) is 4.39 Å². The highest BCUT2D eigenvalue weighted by atomic mass is 19.1. The van der Waals surface area contributed by atoms with Crippen molar-refractivity contribution in [2.45, 2.75) is 18.9 Å². The second-order valence-corrected chi connectivity index (χ2v) is 5.07. The SMILES string of the molecule is COc1cccc2c1CCC2Nc1ccc(F)cc1C#N. The molecule has 4 heteroatoms. The van der Waals surface area contributed by atoms with Gasteiger partial charge in [0.25, 0.3) is 0 Å². The van der Waals surface area contributed by atoms with Crippen LogP contribution >= 0.6 is 0 Å². The lowest BCUT2D eigenvalue weighted by Gasteiger charge is -2.17. The fraction of sp³-hybridized carbons (Fsp3) is 0.235. The lowest BCUT2D eigenvalue weighted by Crippen LogP contribution is -2.08. The molecule has 0 heterocycles. The number of benzene rings is 2. The summed E-state index contributed by atoms with van der Waals surface area (Å²) in [5.74, 6) is 0.502. The summed E-state index contributed by atoms with van der Waals surface area (Å²) < 4.78 is 18.6. The van der Waals surface area contributed by atoms with Crippen LogP contribution in [-0.2, 0) is 6.42 Å². The Bertz CT molecular complexity index is 721. The second-order valence-electron chi connectivity index (χ2n) is 5.07. The molecule has 3 rings (SSSR count). The highest BCUT2D eigenvalue weighted by Crippen LogP contribution is 2.39. The van der Waals surface area contributed by atoms with Gasteiger partial charge in [-0.1, -0.05) is 12.1 Å². The summed E-state index contributed by atoms with van der Waals surface area (Å²) in [6.07, 6.45) is 1.86. The molecule has 0 saturated heterocycles. The monoisotopic (exact) mass is 282 g/mol. The third-order valence-electron chi connectivity index (χ3n) is 3.88. The number of methoxy groups -OCH3 is 1. The Morgan fingerprint density at radius 3 is 2.95 bits per heavy atom. The maximum absolute atomic E-state index is 13.2. The molecule has 1 aliphatic rings. The van der Waals surface area contributed by atoms with E-state index in [-0.39, 0.29) is 6.04 Å². The van der Waals surface area contributed by atoms with E-state index in [1.54, 1.807) is 13.2 Å². The van der Waals surface area contributed by atoms with E-state index in [4.69, 9.17) is 10.00 Å². The minimum Gasteiger partial charge on any atom is -0.496 e. The van der Waals surface area contributed by atoms with Crippen LogP contribution in [0.15, 0.2) is 36.4 Å². The molecular weight excluding hydrogens is 267 g/mol. The molecule has 0 amide bonds. The first-order valence-electron chi connectivity index (χ1n) is 6.85. The van der Waals surface area contributed by atoms with Gasteiger partial charge in [-0.3, -0.25) is 0 Å². The first kappa shape index (κ1) is 13.4. The third kappa shape index (κ3) is 2.43. The Hall–Kier alpha value is -2.54. The molecule has 1 N–H and O–H groups in total. The Balaban J connectivity index is 1.91. The van der Waals surface area contributed by atoms with Gasteiger partial charge < -0.3 is 10.1 Å². The number of fused-ring (bicyclic) bond motifs is 1. The normalized spacial score (nSPS) is 16.1. The van der Waals surface area contributed by atoms with Crippen molar-refractivity contribution in [2.24, 2.45) is 0 Å². The van der Waals surface area contributed by atoms with Crippen LogP contribution in [-0.4, -0.2) is 7.11 Å². The fourth-order valence-corrected chi connectivity index (χ4v) is 2.88. The summed E-state index contributed by atoms with van der Waals surface area (Å²) in [6.45, 7) is 0. The van der Waals surface area contributed by atoms with Crippen molar-refractivity contribution in [1.29, 1.82) is 5.26 Å². The van der Waals surface area contributed by atoms with Gasteiger partial charge in [-0.15, -0.1) is 0 Å². The van der Waals surface area contributed by atoms with Crippen LogP contribution < -0.4 is 10.1 Å². The molecule has 0 aromatic heterocycles. The molecular formula is C17H15FN2O. The average molecular weight is 282 g/mol. The van der Waals surface area contributed by atoms with Crippen molar-refractivity contribution in [3.8, 4) is 11.8 Å². The molecule has 1 unspecified atom stereocenters. The van der Waals surface area contributed by atoms with Crippen molar-refractivity contribution >= 4 is 5.69 Å². The molecule has 0 radical (unpaired) electrons. The Morgan fingerprint density at radius 1 is 1.33 bits per heavy atom. The van der Waals surface area contributed by atoms with Gasteiger partial charge in [-0.05, 0) is 48.2 Å². The number of nitrogens with zero attached hydrogens (tertiary/aromatic N) is 1. The van der Waals surface area contributed by atoms with Crippen LogP contribution in [0.25, 0.3) is 0 Å². The van der Waals surface area contributed by atoms with Crippen molar-refractivity contribution in [1.82, 2.24) is 0 Å². The van der Waals surface area contributed by atoms with E-state index < -0.39 is 5.82 Å². The number of nitriles is 1. The molecule has 106 valence electrons. The summed E-state index contributed by atoms with van der Waals surface area (Å²) in [4.78, 5) is 0. The number of hydrogen-bond donors (Lipinski definition) is 1. The maximum Gasteiger partial charge on any atom is 0.124 e. The van der Waals surface area contributed by atoms with Crippen molar-refractivity contribution in [2.75, 3.05) is 12.4 Å². The van der Waals surface area contributed by atoms with Crippen molar-refractivity contribution in [3.63, 3.8) is 0 Å². The number of nitrogens with one attached hydrogen (secondary N) is 1. The molecule has 0 bridgehead atoms. The summed E-state index contributed by atoms with van der Waals surface area (Å²) >= 11 is 0. The first-order valence-corrected chi connectivity index (χ1v) is 6.85. The zero-order valence-corrected chi connectivity index (χ0v) is 11.7. The van der Waals surface area contributed by atoms with Crippen LogP contribution in [0, 0.1) is 17.1 Å². The van der Waals surface area contributed by atoms with Crippen LogP contribution in [0.5, 0.6) is 5.75 Å². The standard InChI is InChI=1S/C17H15FN2O/c1-21-17-4-2-3-13-14(17)6-8-16(13)20-15-7-5-12(18)9-11(15)10-19/h2-5,7,9,16,20H,6,8H2,1H3. The Kier molecular flexibility index (Phi) is 3.49. The van der Waals surface area contributed by atoms with E-state index in [0.29, 0.717) is 11.3 Å². The zero-order chi connectivity index (χ0) is 14.8. The molecule has 3 nitrogen and oxygen atoms in total. The largest absolute Gasteiger partial charge is 0.496 e. The second kappa shape index (κ2) is 5.45. The average Bonchev–Trinajstić information content (AvgIpc) is 2.92. The van der Waals surface area contributed by atoms with Gasteiger partial charge in [0.15, 0.2) is 0 Å². The predicted molar refractivity (Wildman–Crippen MR) is 78.8 cm³/mol. The van der Waals surface area contributed by atoms with Crippen LogP contribution in [0.3, 0.4) is 0 Å². The Morgan fingerprint density at radius 2 is 2.19 bits per heavy atom. The van der Waals surface area contributed by atoms with Crippen LogP contribution in [0.2, 0.25) is 0 Å². The molecule has 0 fully saturated rings. The minimum absolute atomic E-state index is 0.118. The molecule has 0 aliphatic heterocycles. The third-order valence-corrected chi connectivity index (χ3v) is 3.88. The predicted octanol–water partition coefficient (Wildman–Crippen LogP) is 3.81. The highest BCUT2D eigenvalue weighted by Gasteiger charge is 2.25. The van der Waals surface area contributed by atoms with Gasteiger partial charge in [0, 0.05) is 0 Å². The molecule has 2 aromatic carbocycles. The Labute approximate surface area is 123 Å². The molecule has 0 spiro atoms. The maximum atomic E-state index is 13.2. The van der Waals surface area contributed by atoms with E-state index >= 15 is 0 Å². The number of hydrogen-bond acceptors (Lipinski definition) is 3. The number of anilines is 1. The van der Waals surface area contributed by atoms with Gasteiger partial charge in [-0.25, -0.2) is 4.39 Å². The van der Waals surface area contributed by atoms with Gasteiger partial charge in [0.05, 0.1) is 24.4 Å². The zero-order valence-electron chi connectivity index (χ0n) is 11.7.